The van der Waals surface area contributed by atoms with Gasteiger partial charge in [-0.3, -0.25) is 10.7 Å². The summed E-state index contributed by atoms with van der Waals surface area (Å²) in [5.74, 6) is 0.454. The molecule has 1 aromatic carbocycles. The predicted molar refractivity (Wildman–Crippen MR) is 108 cm³/mol. The van der Waals surface area contributed by atoms with Crippen LogP contribution in [0.15, 0.2) is 35.5 Å². The van der Waals surface area contributed by atoms with Crippen LogP contribution >= 0.6 is 11.6 Å². The lowest BCUT2D eigenvalue weighted by Gasteiger charge is -2.16. The van der Waals surface area contributed by atoms with Crippen molar-refractivity contribution >= 4 is 34.3 Å². The van der Waals surface area contributed by atoms with E-state index in [-0.39, 0.29) is 10.9 Å². The zero-order valence-electron chi connectivity index (χ0n) is 15.7. The number of aromatic amines is 1. The lowest BCUT2D eigenvalue weighted by Crippen LogP contribution is -2.25. The molecule has 0 bridgehead atoms. The third-order valence-electron chi connectivity index (χ3n) is 4.51. The van der Waals surface area contributed by atoms with Gasteiger partial charge in [-0.05, 0) is 37.4 Å². The van der Waals surface area contributed by atoms with Gasteiger partial charge in [-0.1, -0.05) is 25.4 Å². The summed E-state index contributed by atoms with van der Waals surface area (Å²) in [4.78, 5) is 18.7. The van der Waals surface area contributed by atoms with Gasteiger partial charge >= 0.3 is 0 Å². The second-order valence-corrected chi connectivity index (χ2v) is 6.60. The summed E-state index contributed by atoms with van der Waals surface area (Å²) in [5.41, 5.74) is 4.28. The molecule has 0 aliphatic rings. The zero-order chi connectivity index (χ0) is 20.1. The Bertz CT molecular complexity index is 986. The molecule has 7 nitrogen and oxygen atoms in total. The Morgan fingerprint density at radius 3 is 2.79 bits per heavy atom. The minimum atomic E-state index is -0.531. The van der Waals surface area contributed by atoms with E-state index in [9.17, 15) is 9.60 Å². The Labute approximate surface area is 167 Å². The summed E-state index contributed by atoms with van der Waals surface area (Å²) >= 11 is 5.81. The van der Waals surface area contributed by atoms with Crippen molar-refractivity contribution in [1.29, 1.82) is 0 Å². The van der Waals surface area contributed by atoms with Gasteiger partial charge in [0, 0.05) is 24.7 Å². The summed E-state index contributed by atoms with van der Waals surface area (Å²) in [7, 11) is 0. The molecule has 0 unspecified atom stereocenters. The minimum Gasteiger partial charge on any atom is -0.340 e. The van der Waals surface area contributed by atoms with Gasteiger partial charge in [0.05, 0.1) is 16.2 Å². The number of hydrogen-bond donors (Lipinski definition) is 3. The van der Waals surface area contributed by atoms with Crippen molar-refractivity contribution in [2.75, 3.05) is 19.6 Å². The van der Waals surface area contributed by atoms with Crippen molar-refractivity contribution in [3.05, 3.63) is 52.7 Å². The van der Waals surface area contributed by atoms with Gasteiger partial charge in [-0.25, -0.2) is 19.4 Å². The van der Waals surface area contributed by atoms with E-state index in [1.54, 1.807) is 12.3 Å². The third kappa shape index (κ3) is 4.46. The molecule has 3 aromatic rings. The molecule has 2 heterocycles. The molecule has 0 atom stereocenters. The summed E-state index contributed by atoms with van der Waals surface area (Å²) < 4.78 is 13.4. The Balaban J connectivity index is 1.94. The molecule has 9 heteroatoms. The van der Waals surface area contributed by atoms with Gasteiger partial charge in [-0.2, -0.15) is 0 Å². The highest BCUT2D eigenvalue weighted by molar-refractivity contribution is 6.31. The van der Waals surface area contributed by atoms with Gasteiger partial charge in [0.25, 0.3) is 0 Å². The van der Waals surface area contributed by atoms with Crippen LogP contribution < -0.4 is 5.48 Å². The summed E-state index contributed by atoms with van der Waals surface area (Å²) in [6.45, 7) is 7.09. The Hall–Kier alpha value is -2.55. The Morgan fingerprint density at radius 1 is 1.32 bits per heavy atom. The maximum absolute atomic E-state index is 13.4. The standard InChI is InChI=1S/C19H22ClFN6O/c1-3-27(4-2)10-8-16-24-17-13(7-9-22-19(17)25-16)18(26-28)23-12-5-6-15(21)14(20)11-12/h5-7,9,11,28H,3-4,8,10H2,1-2H3,(H,23,26)(H,22,24,25). The Kier molecular flexibility index (Phi) is 6.56. The fourth-order valence-electron chi connectivity index (χ4n) is 2.91. The molecule has 0 aliphatic heterocycles. The molecular formula is C19H22ClFN6O. The number of aromatic nitrogens is 3. The normalized spacial score (nSPS) is 12.1. The number of H-pyrrole nitrogens is 1. The number of imidazole rings is 1. The molecule has 0 saturated heterocycles. The first-order chi connectivity index (χ1) is 13.5. The van der Waals surface area contributed by atoms with E-state index in [1.807, 2.05) is 0 Å². The maximum atomic E-state index is 13.4. The van der Waals surface area contributed by atoms with Crippen LogP contribution in [0.25, 0.3) is 11.2 Å². The Morgan fingerprint density at radius 2 is 2.11 bits per heavy atom. The molecule has 3 N–H and O–H groups in total. The molecule has 2 aromatic heterocycles. The molecule has 0 amide bonds. The average Bonchev–Trinajstić information content (AvgIpc) is 3.13. The molecule has 148 valence electrons. The highest BCUT2D eigenvalue weighted by atomic mass is 35.5. The number of rotatable bonds is 7. The van der Waals surface area contributed by atoms with Gasteiger partial charge in [0.2, 0.25) is 0 Å². The fourth-order valence-corrected chi connectivity index (χ4v) is 3.08. The highest BCUT2D eigenvalue weighted by Crippen LogP contribution is 2.23. The largest absolute Gasteiger partial charge is 0.340 e. The predicted octanol–water partition coefficient (Wildman–Crippen LogP) is 3.69. The van der Waals surface area contributed by atoms with Crippen molar-refractivity contribution in [3.63, 3.8) is 0 Å². The van der Waals surface area contributed by atoms with E-state index in [4.69, 9.17) is 11.6 Å². The van der Waals surface area contributed by atoms with E-state index in [0.717, 1.165) is 31.9 Å². The summed E-state index contributed by atoms with van der Waals surface area (Å²) in [6.07, 6.45) is 2.35. The lowest BCUT2D eigenvalue weighted by atomic mass is 10.2. The van der Waals surface area contributed by atoms with Crippen molar-refractivity contribution in [2.45, 2.75) is 20.3 Å². The number of fused-ring (bicyclic) bond motifs is 1. The van der Waals surface area contributed by atoms with Gasteiger partial charge in [-0.15, -0.1) is 0 Å². The first kappa shape index (κ1) is 20.2. The zero-order valence-corrected chi connectivity index (χ0v) is 16.5. The molecule has 3 rings (SSSR count). The van der Waals surface area contributed by atoms with Crippen LogP contribution in [0.2, 0.25) is 5.02 Å². The van der Waals surface area contributed by atoms with Crippen LogP contribution in [0.4, 0.5) is 10.1 Å². The van der Waals surface area contributed by atoms with Crippen LogP contribution in [-0.4, -0.2) is 50.5 Å². The molecule has 0 radical (unpaired) electrons. The van der Waals surface area contributed by atoms with Gasteiger partial charge in [0.15, 0.2) is 11.5 Å². The van der Waals surface area contributed by atoms with E-state index in [2.05, 4.69) is 44.2 Å². The number of halogens is 2. The number of pyridine rings is 1. The number of hydroxylamine groups is 1. The average molecular weight is 405 g/mol. The number of nitrogens with one attached hydrogen (secondary N) is 2. The molecule has 0 fully saturated rings. The number of nitrogens with zero attached hydrogens (tertiary/aromatic N) is 4. The summed E-state index contributed by atoms with van der Waals surface area (Å²) in [5, 5.41) is 9.58. The molecular weight excluding hydrogens is 383 g/mol. The summed E-state index contributed by atoms with van der Waals surface area (Å²) in [6, 6.07) is 5.79. The SMILES string of the molecule is CCN(CC)CCc1nc2nccc(C(=Nc3ccc(F)c(Cl)c3)NO)c2[nH]1. The number of benzene rings is 1. The van der Waals surface area contributed by atoms with E-state index in [1.165, 1.54) is 18.2 Å². The highest BCUT2D eigenvalue weighted by Gasteiger charge is 2.14. The van der Waals surface area contributed by atoms with Crippen LogP contribution in [0.5, 0.6) is 0 Å². The van der Waals surface area contributed by atoms with Crippen molar-refractivity contribution < 1.29 is 9.60 Å². The van der Waals surface area contributed by atoms with E-state index >= 15 is 0 Å². The number of likely N-dealkylation sites (N-methyl/N-ethyl adjacent to an activating group) is 1. The second kappa shape index (κ2) is 9.09. The smallest absolute Gasteiger partial charge is 0.178 e. The van der Waals surface area contributed by atoms with E-state index in [0.29, 0.717) is 22.4 Å². The maximum Gasteiger partial charge on any atom is 0.178 e. The molecule has 0 aliphatic carbocycles. The fraction of sp³-hybridized carbons (Fsp3) is 0.316. The minimum absolute atomic E-state index is 0.0429. The van der Waals surface area contributed by atoms with Gasteiger partial charge < -0.3 is 9.88 Å². The lowest BCUT2D eigenvalue weighted by molar-refractivity contribution is 0.235. The first-order valence-electron chi connectivity index (χ1n) is 9.05. The van der Waals surface area contributed by atoms with E-state index < -0.39 is 5.82 Å². The third-order valence-corrected chi connectivity index (χ3v) is 4.80. The van der Waals surface area contributed by atoms with Crippen LogP contribution in [-0.2, 0) is 6.42 Å². The molecule has 0 spiro atoms. The number of aliphatic imine (C=N–C) groups is 1. The van der Waals surface area contributed by atoms with Crippen LogP contribution in [0.1, 0.15) is 25.2 Å². The monoisotopic (exact) mass is 404 g/mol. The quantitative estimate of drug-likeness (QED) is 0.317. The topological polar surface area (TPSA) is 89.4 Å². The van der Waals surface area contributed by atoms with Crippen LogP contribution in [0.3, 0.4) is 0 Å². The first-order valence-corrected chi connectivity index (χ1v) is 9.43. The number of amidine groups is 1. The molecule has 28 heavy (non-hydrogen) atoms. The van der Waals surface area contributed by atoms with Crippen molar-refractivity contribution in [3.8, 4) is 0 Å². The second-order valence-electron chi connectivity index (χ2n) is 6.19. The van der Waals surface area contributed by atoms with Gasteiger partial charge in [0.1, 0.15) is 11.6 Å². The van der Waals surface area contributed by atoms with Crippen molar-refractivity contribution in [2.24, 2.45) is 4.99 Å². The van der Waals surface area contributed by atoms with Crippen LogP contribution in [0, 0.1) is 5.82 Å². The number of hydrogen-bond acceptors (Lipinski definition) is 5. The van der Waals surface area contributed by atoms with Crippen molar-refractivity contribution in [1.82, 2.24) is 25.3 Å². The molecule has 0 saturated carbocycles.